The number of hydrogen-bond acceptors (Lipinski definition) is 7. The Hall–Kier alpha value is -3.33. The number of anilines is 1. The van der Waals surface area contributed by atoms with E-state index in [1.165, 1.54) is 11.3 Å². The first-order valence-electron chi connectivity index (χ1n) is 8.41. The van der Waals surface area contributed by atoms with Crippen molar-refractivity contribution in [2.45, 2.75) is 19.5 Å². The minimum absolute atomic E-state index is 0.129. The van der Waals surface area contributed by atoms with Gasteiger partial charge in [0.2, 0.25) is 5.95 Å². The molecule has 4 aromatic heterocycles. The molecule has 1 aliphatic rings. The lowest BCUT2D eigenvalue weighted by Gasteiger charge is -2.20. The van der Waals surface area contributed by atoms with E-state index in [2.05, 4.69) is 19.9 Å². The summed E-state index contributed by atoms with van der Waals surface area (Å²) >= 11 is 1.49. The van der Waals surface area contributed by atoms with Gasteiger partial charge in [-0.05, 0) is 19.1 Å². The molecule has 0 radical (unpaired) electrons. The number of fused-ring (bicyclic) bond motifs is 2. The fraction of sp³-hybridized carbons (Fsp3) is 0.167. The molecule has 0 fully saturated rings. The van der Waals surface area contributed by atoms with Gasteiger partial charge in [0.1, 0.15) is 5.69 Å². The number of imidazole rings is 1. The number of nitrogens with zero attached hydrogens (tertiary/aromatic N) is 6. The highest BCUT2D eigenvalue weighted by molar-refractivity contribution is 7.15. The van der Waals surface area contributed by atoms with E-state index in [1.54, 1.807) is 23.5 Å². The zero-order chi connectivity index (χ0) is 18.5. The van der Waals surface area contributed by atoms with E-state index in [1.807, 2.05) is 35.0 Å². The smallest absolute Gasteiger partial charge is 0.274 e. The molecule has 0 bridgehead atoms. The third-order valence-corrected chi connectivity index (χ3v) is 5.55. The van der Waals surface area contributed by atoms with E-state index < -0.39 is 0 Å². The van der Waals surface area contributed by atoms with Gasteiger partial charge in [0.05, 0.1) is 24.0 Å². The molecule has 0 saturated carbocycles. The van der Waals surface area contributed by atoms with Crippen LogP contribution in [0.25, 0.3) is 16.2 Å². The second-order valence-corrected chi connectivity index (χ2v) is 7.23. The van der Waals surface area contributed by atoms with Crippen molar-refractivity contribution in [3.05, 3.63) is 59.3 Å². The Morgan fingerprint density at radius 3 is 2.85 bits per heavy atom. The summed E-state index contributed by atoms with van der Waals surface area (Å²) in [5.41, 5.74) is 9.71. The summed E-state index contributed by atoms with van der Waals surface area (Å²) in [4.78, 5) is 33.0. The van der Waals surface area contributed by atoms with E-state index in [9.17, 15) is 4.79 Å². The number of thiazole rings is 1. The third kappa shape index (κ3) is 2.47. The Balaban J connectivity index is 1.55. The van der Waals surface area contributed by atoms with Gasteiger partial charge in [-0.25, -0.2) is 15.0 Å². The number of carbonyl (C=O) groups excluding carboxylic acids is 1. The van der Waals surface area contributed by atoms with Crippen molar-refractivity contribution in [2.24, 2.45) is 0 Å². The average Bonchev–Trinajstić information content (AvgIpc) is 3.36. The maximum absolute atomic E-state index is 13.1. The Labute approximate surface area is 158 Å². The van der Waals surface area contributed by atoms with Crippen LogP contribution in [-0.2, 0) is 6.54 Å². The first-order chi connectivity index (χ1) is 13.1. The second-order valence-electron chi connectivity index (χ2n) is 6.36. The van der Waals surface area contributed by atoms with Crippen molar-refractivity contribution in [3.8, 4) is 11.3 Å². The molecule has 5 heterocycles. The van der Waals surface area contributed by atoms with Gasteiger partial charge in [-0.2, -0.15) is 0 Å². The predicted molar refractivity (Wildman–Crippen MR) is 101 cm³/mol. The molecule has 1 aliphatic heterocycles. The molecule has 0 aliphatic carbocycles. The van der Waals surface area contributed by atoms with E-state index in [0.29, 0.717) is 12.2 Å². The maximum Gasteiger partial charge on any atom is 0.274 e. The highest BCUT2D eigenvalue weighted by atomic mass is 32.1. The van der Waals surface area contributed by atoms with Gasteiger partial charge in [0, 0.05) is 41.3 Å². The van der Waals surface area contributed by atoms with Gasteiger partial charge < -0.3 is 10.6 Å². The standard InChI is InChI=1S/C18H15N7OS/c1-10-14-12(15(23-17(19)22-14)11-2-4-20-5-3-11)8-25(10)16(26)13-9-24-6-7-27-18(24)21-13/h2-7,9-10H,8H2,1H3,(H2,19,22,23)/t10-/m1/s1. The van der Waals surface area contributed by atoms with E-state index >= 15 is 0 Å². The van der Waals surface area contributed by atoms with Crippen LogP contribution >= 0.6 is 11.3 Å². The summed E-state index contributed by atoms with van der Waals surface area (Å²) in [6.45, 7) is 2.36. The zero-order valence-corrected chi connectivity index (χ0v) is 15.2. The van der Waals surface area contributed by atoms with Crippen LogP contribution in [0.1, 0.15) is 34.7 Å². The van der Waals surface area contributed by atoms with E-state index in [4.69, 9.17) is 5.73 Å². The molecule has 134 valence electrons. The molecular weight excluding hydrogens is 362 g/mol. The largest absolute Gasteiger partial charge is 0.368 e. The normalized spacial score (nSPS) is 16.0. The SMILES string of the molecule is C[C@@H]1c2nc(N)nc(-c3ccncc3)c2CN1C(=O)c1cn2ccsc2n1. The summed E-state index contributed by atoms with van der Waals surface area (Å²) in [5.74, 6) is 0.0693. The number of pyridine rings is 1. The predicted octanol–water partition coefficient (Wildman–Crippen LogP) is 2.55. The highest BCUT2D eigenvalue weighted by Crippen LogP contribution is 2.38. The lowest BCUT2D eigenvalue weighted by Crippen LogP contribution is -2.28. The van der Waals surface area contributed by atoms with Crippen molar-refractivity contribution >= 4 is 28.2 Å². The van der Waals surface area contributed by atoms with Gasteiger partial charge in [0.15, 0.2) is 4.96 Å². The van der Waals surface area contributed by atoms with E-state index in [0.717, 1.165) is 27.5 Å². The molecule has 1 amide bonds. The van der Waals surface area contributed by atoms with Crippen LogP contribution in [0.5, 0.6) is 0 Å². The minimum atomic E-state index is -0.210. The van der Waals surface area contributed by atoms with Gasteiger partial charge in [-0.15, -0.1) is 11.3 Å². The molecule has 4 aromatic rings. The number of nitrogen functional groups attached to an aromatic ring is 1. The number of carbonyl (C=O) groups is 1. The van der Waals surface area contributed by atoms with Gasteiger partial charge in [-0.3, -0.25) is 14.2 Å². The van der Waals surface area contributed by atoms with Crippen molar-refractivity contribution in [2.75, 3.05) is 5.73 Å². The molecule has 2 N–H and O–H groups in total. The summed E-state index contributed by atoms with van der Waals surface area (Å²) in [6.07, 6.45) is 7.06. The Morgan fingerprint density at radius 2 is 2.07 bits per heavy atom. The van der Waals surface area contributed by atoms with Gasteiger partial charge in [0.25, 0.3) is 5.91 Å². The molecule has 27 heavy (non-hydrogen) atoms. The summed E-state index contributed by atoms with van der Waals surface area (Å²) < 4.78 is 1.85. The van der Waals surface area contributed by atoms with Crippen LogP contribution in [0.2, 0.25) is 0 Å². The second kappa shape index (κ2) is 5.85. The highest BCUT2D eigenvalue weighted by Gasteiger charge is 2.36. The van der Waals surface area contributed by atoms with Crippen molar-refractivity contribution in [1.82, 2.24) is 29.2 Å². The Bertz CT molecular complexity index is 1140. The molecular formula is C18H15N7OS. The number of rotatable bonds is 2. The van der Waals surface area contributed by atoms with Crippen molar-refractivity contribution in [3.63, 3.8) is 0 Å². The van der Waals surface area contributed by atoms with Gasteiger partial charge >= 0.3 is 0 Å². The Kier molecular flexibility index (Phi) is 3.44. The molecule has 5 rings (SSSR count). The summed E-state index contributed by atoms with van der Waals surface area (Å²) in [7, 11) is 0. The summed E-state index contributed by atoms with van der Waals surface area (Å²) in [6, 6.07) is 3.54. The first-order valence-corrected chi connectivity index (χ1v) is 9.29. The molecule has 0 saturated heterocycles. The van der Waals surface area contributed by atoms with Crippen LogP contribution in [0.4, 0.5) is 5.95 Å². The molecule has 0 spiro atoms. The van der Waals surface area contributed by atoms with Crippen LogP contribution in [0.3, 0.4) is 0 Å². The summed E-state index contributed by atoms with van der Waals surface area (Å²) in [5, 5.41) is 1.93. The maximum atomic E-state index is 13.1. The monoisotopic (exact) mass is 377 g/mol. The molecule has 9 heteroatoms. The molecule has 1 atom stereocenters. The van der Waals surface area contributed by atoms with Crippen molar-refractivity contribution in [1.29, 1.82) is 0 Å². The fourth-order valence-corrected chi connectivity index (χ4v) is 4.15. The number of nitrogens with two attached hydrogens (primary N) is 1. The zero-order valence-electron chi connectivity index (χ0n) is 14.4. The Morgan fingerprint density at radius 1 is 1.26 bits per heavy atom. The molecule has 0 aromatic carbocycles. The quantitative estimate of drug-likeness (QED) is 0.576. The first kappa shape index (κ1) is 15.9. The number of hydrogen-bond donors (Lipinski definition) is 1. The number of amides is 1. The van der Waals surface area contributed by atoms with Crippen molar-refractivity contribution < 1.29 is 4.79 Å². The van der Waals surface area contributed by atoms with Crippen LogP contribution in [0, 0.1) is 0 Å². The van der Waals surface area contributed by atoms with Crippen LogP contribution in [-0.4, -0.2) is 35.1 Å². The number of aromatic nitrogens is 5. The third-order valence-electron chi connectivity index (χ3n) is 4.78. The minimum Gasteiger partial charge on any atom is -0.368 e. The molecule has 8 nitrogen and oxygen atoms in total. The van der Waals surface area contributed by atoms with Gasteiger partial charge in [-0.1, -0.05) is 0 Å². The topological polar surface area (TPSA) is 102 Å². The van der Waals surface area contributed by atoms with Crippen LogP contribution in [0.15, 0.2) is 42.3 Å². The molecule has 0 unspecified atom stereocenters. The fourth-order valence-electron chi connectivity index (χ4n) is 3.45. The van der Waals surface area contributed by atoms with E-state index in [-0.39, 0.29) is 17.9 Å². The average molecular weight is 377 g/mol. The lowest BCUT2D eigenvalue weighted by atomic mass is 10.1. The lowest BCUT2D eigenvalue weighted by molar-refractivity contribution is 0.0698. The van der Waals surface area contributed by atoms with Crippen LogP contribution < -0.4 is 5.73 Å².